The van der Waals surface area contributed by atoms with Crippen LogP contribution in [0.3, 0.4) is 0 Å². The van der Waals surface area contributed by atoms with Crippen LogP contribution in [-0.4, -0.2) is 15.9 Å². The number of hydrogen-bond acceptors (Lipinski definition) is 4. The van der Waals surface area contributed by atoms with E-state index in [1.165, 1.54) is 12.4 Å². The number of aromatic nitrogens is 2. The number of anilines is 1. The maximum atomic E-state index is 11.8. The van der Waals surface area contributed by atoms with Crippen molar-refractivity contribution in [2.75, 3.05) is 5.73 Å². The number of nitrogen functional groups attached to an aromatic ring is 1. The first-order valence-electron chi connectivity index (χ1n) is 5.57. The van der Waals surface area contributed by atoms with E-state index in [0.717, 1.165) is 11.1 Å². The third-order valence-corrected chi connectivity index (χ3v) is 2.48. The van der Waals surface area contributed by atoms with E-state index in [4.69, 9.17) is 5.73 Å². The normalized spacial score (nSPS) is 10.1. The van der Waals surface area contributed by atoms with Crippen LogP contribution in [0.2, 0.25) is 0 Å². The second-order valence-corrected chi connectivity index (χ2v) is 3.96. The van der Waals surface area contributed by atoms with E-state index >= 15 is 0 Å². The van der Waals surface area contributed by atoms with Crippen molar-refractivity contribution in [3.05, 3.63) is 53.5 Å². The largest absolute Gasteiger partial charge is 0.382 e. The Balaban J connectivity index is 2.03. The molecule has 18 heavy (non-hydrogen) atoms. The minimum Gasteiger partial charge on any atom is -0.382 e. The number of nitrogens with one attached hydrogen (secondary N) is 1. The second-order valence-electron chi connectivity index (χ2n) is 3.96. The minimum atomic E-state index is -0.317. The summed E-state index contributed by atoms with van der Waals surface area (Å²) in [4.78, 5) is 19.6. The van der Waals surface area contributed by atoms with E-state index in [2.05, 4.69) is 15.3 Å². The Morgan fingerprint density at radius 1 is 1.33 bits per heavy atom. The molecule has 0 aliphatic heterocycles. The summed E-state index contributed by atoms with van der Waals surface area (Å²) >= 11 is 0. The van der Waals surface area contributed by atoms with Crippen molar-refractivity contribution in [1.82, 2.24) is 15.3 Å². The number of carbonyl (C=O) groups is 1. The molecule has 2 rings (SSSR count). The SMILES string of the molecule is Cc1cccc(CNC(=O)c2nccnc2N)c1. The molecule has 1 aromatic carbocycles. The molecule has 0 aliphatic rings. The quantitative estimate of drug-likeness (QED) is 0.850. The van der Waals surface area contributed by atoms with Crippen molar-refractivity contribution < 1.29 is 4.79 Å². The zero-order valence-corrected chi connectivity index (χ0v) is 10.1. The van der Waals surface area contributed by atoms with Crippen molar-refractivity contribution in [1.29, 1.82) is 0 Å². The molecule has 0 saturated carbocycles. The van der Waals surface area contributed by atoms with Crippen LogP contribution in [0, 0.1) is 6.92 Å². The van der Waals surface area contributed by atoms with Gasteiger partial charge >= 0.3 is 0 Å². The van der Waals surface area contributed by atoms with Gasteiger partial charge in [0.2, 0.25) is 0 Å². The number of rotatable bonds is 3. The molecule has 0 radical (unpaired) electrons. The van der Waals surface area contributed by atoms with Gasteiger partial charge < -0.3 is 11.1 Å². The molecule has 0 fully saturated rings. The summed E-state index contributed by atoms with van der Waals surface area (Å²) < 4.78 is 0. The number of aryl methyl sites for hydroxylation is 1. The van der Waals surface area contributed by atoms with Crippen molar-refractivity contribution >= 4 is 11.7 Å². The van der Waals surface area contributed by atoms with Gasteiger partial charge in [-0.15, -0.1) is 0 Å². The van der Waals surface area contributed by atoms with Crippen LogP contribution in [0.25, 0.3) is 0 Å². The van der Waals surface area contributed by atoms with Gasteiger partial charge in [-0.25, -0.2) is 9.97 Å². The summed E-state index contributed by atoms with van der Waals surface area (Å²) in [5.74, 6) is -0.179. The molecule has 2 aromatic rings. The van der Waals surface area contributed by atoms with Crippen LogP contribution in [0.15, 0.2) is 36.7 Å². The summed E-state index contributed by atoms with van der Waals surface area (Å²) in [6, 6.07) is 7.92. The number of amides is 1. The molecule has 5 nitrogen and oxygen atoms in total. The Morgan fingerprint density at radius 2 is 2.11 bits per heavy atom. The Kier molecular flexibility index (Phi) is 3.52. The van der Waals surface area contributed by atoms with Gasteiger partial charge in [0.25, 0.3) is 5.91 Å². The first-order valence-corrected chi connectivity index (χ1v) is 5.57. The van der Waals surface area contributed by atoms with Crippen LogP contribution in [0.1, 0.15) is 21.6 Å². The first kappa shape index (κ1) is 12.0. The second kappa shape index (κ2) is 5.27. The maximum Gasteiger partial charge on any atom is 0.273 e. The lowest BCUT2D eigenvalue weighted by atomic mass is 10.1. The number of hydrogen-bond donors (Lipinski definition) is 2. The van der Waals surface area contributed by atoms with Gasteiger partial charge in [0, 0.05) is 18.9 Å². The highest BCUT2D eigenvalue weighted by atomic mass is 16.1. The van der Waals surface area contributed by atoms with Gasteiger partial charge in [0.05, 0.1) is 0 Å². The third kappa shape index (κ3) is 2.82. The lowest BCUT2D eigenvalue weighted by Crippen LogP contribution is -2.25. The van der Waals surface area contributed by atoms with Crippen molar-refractivity contribution in [3.8, 4) is 0 Å². The lowest BCUT2D eigenvalue weighted by molar-refractivity contribution is 0.0946. The van der Waals surface area contributed by atoms with Gasteiger partial charge in [-0.2, -0.15) is 0 Å². The Labute approximate surface area is 105 Å². The molecule has 0 unspecified atom stereocenters. The van der Waals surface area contributed by atoms with Gasteiger partial charge in [0.1, 0.15) is 0 Å². The molecule has 0 spiro atoms. The van der Waals surface area contributed by atoms with Crippen LogP contribution >= 0.6 is 0 Å². The number of nitrogens with zero attached hydrogens (tertiary/aromatic N) is 2. The van der Waals surface area contributed by atoms with Crippen LogP contribution in [0.4, 0.5) is 5.82 Å². The molecule has 92 valence electrons. The standard InChI is InChI=1S/C13H14N4O/c1-9-3-2-4-10(7-9)8-17-13(18)11-12(14)16-6-5-15-11/h2-7H,8H2,1H3,(H2,14,16)(H,17,18). The molecular weight excluding hydrogens is 228 g/mol. The summed E-state index contributed by atoms with van der Waals surface area (Å²) in [6.07, 6.45) is 2.89. The highest BCUT2D eigenvalue weighted by Crippen LogP contribution is 2.05. The number of benzene rings is 1. The van der Waals surface area contributed by atoms with E-state index in [1.807, 2.05) is 31.2 Å². The Bertz CT molecular complexity index is 568. The maximum absolute atomic E-state index is 11.8. The zero-order chi connectivity index (χ0) is 13.0. The first-order chi connectivity index (χ1) is 8.66. The van der Waals surface area contributed by atoms with Gasteiger partial charge in [0.15, 0.2) is 11.5 Å². The minimum absolute atomic E-state index is 0.138. The molecule has 1 amide bonds. The summed E-state index contributed by atoms with van der Waals surface area (Å²) in [7, 11) is 0. The average Bonchev–Trinajstić information content (AvgIpc) is 2.37. The zero-order valence-electron chi connectivity index (χ0n) is 10.1. The highest BCUT2D eigenvalue weighted by Gasteiger charge is 2.11. The van der Waals surface area contributed by atoms with E-state index in [0.29, 0.717) is 6.54 Å². The Morgan fingerprint density at radius 3 is 2.83 bits per heavy atom. The molecule has 0 saturated heterocycles. The monoisotopic (exact) mass is 242 g/mol. The van der Waals surface area contributed by atoms with E-state index < -0.39 is 0 Å². The molecule has 3 N–H and O–H groups in total. The topological polar surface area (TPSA) is 80.9 Å². The van der Waals surface area contributed by atoms with Crippen LogP contribution in [0.5, 0.6) is 0 Å². The van der Waals surface area contributed by atoms with Gasteiger partial charge in [-0.1, -0.05) is 29.8 Å². The van der Waals surface area contributed by atoms with Crippen LogP contribution < -0.4 is 11.1 Å². The van der Waals surface area contributed by atoms with Gasteiger partial charge in [-0.05, 0) is 12.5 Å². The predicted molar refractivity (Wildman–Crippen MR) is 68.8 cm³/mol. The van der Waals surface area contributed by atoms with Crippen molar-refractivity contribution in [3.63, 3.8) is 0 Å². The highest BCUT2D eigenvalue weighted by molar-refractivity contribution is 5.96. The number of carbonyl (C=O) groups excluding carboxylic acids is 1. The smallest absolute Gasteiger partial charge is 0.273 e. The van der Waals surface area contributed by atoms with Crippen LogP contribution in [-0.2, 0) is 6.54 Å². The average molecular weight is 242 g/mol. The van der Waals surface area contributed by atoms with E-state index in [9.17, 15) is 4.79 Å². The lowest BCUT2D eigenvalue weighted by Gasteiger charge is -2.06. The predicted octanol–water partition coefficient (Wildman–Crippen LogP) is 1.30. The third-order valence-electron chi connectivity index (χ3n) is 2.48. The molecule has 0 aliphatic carbocycles. The fourth-order valence-electron chi connectivity index (χ4n) is 1.61. The summed E-state index contributed by atoms with van der Waals surface area (Å²) in [5.41, 5.74) is 7.92. The summed E-state index contributed by atoms with van der Waals surface area (Å²) in [5, 5.41) is 2.76. The molecule has 0 bridgehead atoms. The summed E-state index contributed by atoms with van der Waals surface area (Å²) in [6.45, 7) is 2.45. The van der Waals surface area contributed by atoms with Crippen molar-refractivity contribution in [2.45, 2.75) is 13.5 Å². The molecule has 1 heterocycles. The fourth-order valence-corrected chi connectivity index (χ4v) is 1.61. The molecule has 1 aromatic heterocycles. The van der Waals surface area contributed by atoms with Crippen molar-refractivity contribution in [2.24, 2.45) is 0 Å². The van der Waals surface area contributed by atoms with E-state index in [-0.39, 0.29) is 17.4 Å². The Hall–Kier alpha value is -2.43. The molecule has 5 heteroatoms. The fraction of sp³-hybridized carbons (Fsp3) is 0.154. The molecular formula is C13H14N4O. The van der Waals surface area contributed by atoms with Gasteiger partial charge in [-0.3, -0.25) is 4.79 Å². The number of nitrogens with two attached hydrogens (primary N) is 1. The van der Waals surface area contributed by atoms with E-state index in [1.54, 1.807) is 0 Å². The molecule has 0 atom stereocenters.